The molecule has 1 N–H and O–H groups in total. The van der Waals surface area contributed by atoms with Gasteiger partial charge in [-0.05, 0) is 89.6 Å². The van der Waals surface area contributed by atoms with E-state index in [9.17, 15) is 13.2 Å². The fraction of sp³-hybridized carbons (Fsp3) is 0.120. The van der Waals surface area contributed by atoms with Crippen molar-refractivity contribution in [2.24, 2.45) is 4.99 Å². The number of nitrogens with one attached hydrogen (secondary N) is 1. The van der Waals surface area contributed by atoms with Crippen molar-refractivity contribution in [2.45, 2.75) is 18.7 Å². The first-order chi connectivity index (χ1) is 16.7. The van der Waals surface area contributed by atoms with Gasteiger partial charge < -0.3 is 14.2 Å². The summed E-state index contributed by atoms with van der Waals surface area (Å²) in [5.41, 5.74) is 2.29. The molecule has 1 saturated heterocycles. The number of para-hydroxylation sites is 1. The van der Waals surface area contributed by atoms with E-state index in [1.54, 1.807) is 37.3 Å². The first-order valence-corrected chi connectivity index (χ1v) is 13.6. The van der Waals surface area contributed by atoms with Crippen LogP contribution < -0.4 is 14.2 Å². The molecule has 3 aromatic rings. The van der Waals surface area contributed by atoms with Crippen molar-refractivity contribution in [3.05, 3.63) is 87.2 Å². The van der Waals surface area contributed by atoms with E-state index < -0.39 is 10.1 Å². The Morgan fingerprint density at radius 2 is 1.80 bits per heavy atom. The van der Waals surface area contributed by atoms with E-state index in [1.165, 1.54) is 30.0 Å². The van der Waals surface area contributed by atoms with Crippen molar-refractivity contribution in [1.29, 1.82) is 0 Å². The zero-order chi connectivity index (χ0) is 25.0. The number of carbonyl (C=O) groups excluding carboxylic acids is 1. The molecule has 0 atom stereocenters. The molecule has 180 valence electrons. The van der Waals surface area contributed by atoms with Gasteiger partial charge >= 0.3 is 10.1 Å². The molecule has 0 radical (unpaired) electrons. The highest BCUT2D eigenvalue weighted by Gasteiger charge is 2.25. The minimum absolute atomic E-state index is 0.0487. The third kappa shape index (κ3) is 6.14. The Morgan fingerprint density at radius 1 is 1.06 bits per heavy atom. The van der Waals surface area contributed by atoms with Crippen molar-refractivity contribution in [2.75, 3.05) is 6.61 Å². The maximum absolute atomic E-state index is 12.7. The molecular formula is C25H21BrN2O5S2. The van der Waals surface area contributed by atoms with E-state index in [4.69, 9.17) is 8.92 Å². The molecule has 0 saturated carbocycles. The number of rotatable bonds is 7. The highest BCUT2D eigenvalue weighted by Crippen LogP contribution is 2.34. The van der Waals surface area contributed by atoms with Gasteiger partial charge in [0, 0.05) is 4.47 Å². The lowest BCUT2D eigenvalue weighted by molar-refractivity contribution is -0.115. The Hall–Kier alpha value is -3.08. The smallest absolute Gasteiger partial charge is 0.339 e. The highest BCUT2D eigenvalue weighted by atomic mass is 79.9. The molecule has 0 aliphatic carbocycles. The van der Waals surface area contributed by atoms with E-state index in [2.05, 4.69) is 26.2 Å². The van der Waals surface area contributed by atoms with Gasteiger partial charge in [0.2, 0.25) is 0 Å². The largest absolute Gasteiger partial charge is 0.490 e. The summed E-state index contributed by atoms with van der Waals surface area (Å²) >= 11 is 4.65. The SMILES string of the molecule is CCOc1cc(/C=C2/SC(=Nc3ccccc3Br)NC2=O)ccc1OS(=O)(=O)c1ccc(C)cc1. The van der Waals surface area contributed by atoms with Gasteiger partial charge in [-0.25, -0.2) is 4.99 Å². The van der Waals surface area contributed by atoms with E-state index in [1.807, 2.05) is 31.2 Å². The number of halogens is 1. The summed E-state index contributed by atoms with van der Waals surface area (Å²) in [6.45, 7) is 3.96. The van der Waals surface area contributed by atoms with E-state index >= 15 is 0 Å². The van der Waals surface area contributed by atoms with Crippen LogP contribution in [0.5, 0.6) is 11.5 Å². The van der Waals surface area contributed by atoms with Crippen LogP contribution in [-0.4, -0.2) is 26.1 Å². The Bertz CT molecular complexity index is 1430. The number of ether oxygens (including phenoxy) is 1. The van der Waals surface area contributed by atoms with Crippen LogP contribution in [0.2, 0.25) is 0 Å². The van der Waals surface area contributed by atoms with Crippen LogP contribution in [-0.2, 0) is 14.9 Å². The number of thioether (sulfide) groups is 1. The second-order valence-electron chi connectivity index (χ2n) is 7.42. The van der Waals surface area contributed by atoms with Crippen molar-refractivity contribution in [3.8, 4) is 11.5 Å². The lowest BCUT2D eigenvalue weighted by Crippen LogP contribution is -2.19. The summed E-state index contributed by atoms with van der Waals surface area (Å²) in [7, 11) is -4.04. The number of carbonyl (C=O) groups is 1. The second kappa shape index (κ2) is 10.7. The molecule has 0 unspecified atom stereocenters. The fourth-order valence-electron chi connectivity index (χ4n) is 3.11. The summed E-state index contributed by atoms with van der Waals surface area (Å²) in [5, 5.41) is 3.21. The van der Waals surface area contributed by atoms with Crippen LogP contribution in [0.25, 0.3) is 6.08 Å². The van der Waals surface area contributed by atoms with Gasteiger partial charge in [-0.1, -0.05) is 35.9 Å². The summed E-state index contributed by atoms with van der Waals surface area (Å²) in [4.78, 5) is 17.5. The minimum Gasteiger partial charge on any atom is -0.490 e. The molecule has 1 aliphatic rings. The maximum atomic E-state index is 12.7. The Morgan fingerprint density at radius 3 is 2.51 bits per heavy atom. The highest BCUT2D eigenvalue weighted by molar-refractivity contribution is 9.10. The van der Waals surface area contributed by atoms with Gasteiger partial charge in [0.05, 0.1) is 17.2 Å². The number of nitrogens with zero attached hydrogens (tertiary/aromatic N) is 1. The molecular weight excluding hydrogens is 552 g/mol. The molecule has 3 aromatic carbocycles. The number of amides is 1. The van der Waals surface area contributed by atoms with Gasteiger partial charge in [-0.2, -0.15) is 8.42 Å². The van der Waals surface area contributed by atoms with Crippen molar-refractivity contribution in [3.63, 3.8) is 0 Å². The van der Waals surface area contributed by atoms with Crippen molar-refractivity contribution in [1.82, 2.24) is 5.32 Å². The zero-order valence-electron chi connectivity index (χ0n) is 18.8. The summed E-state index contributed by atoms with van der Waals surface area (Å²) in [6, 6.07) is 18.6. The molecule has 10 heteroatoms. The molecule has 4 rings (SSSR count). The minimum atomic E-state index is -4.04. The first kappa shape index (κ1) is 25.0. The topological polar surface area (TPSA) is 94.1 Å². The quantitative estimate of drug-likeness (QED) is 0.283. The van der Waals surface area contributed by atoms with E-state index in [-0.39, 0.29) is 22.3 Å². The predicted octanol–water partition coefficient (Wildman–Crippen LogP) is 5.82. The number of amidine groups is 1. The van der Waals surface area contributed by atoms with Crippen LogP contribution >= 0.6 is 27.7 Å². The van der Waals surface area contributed by atoms with Gasteiger partial charge in [-0.3, -0.25) is 4.79 Å². The Kier molecular flexibility index (Phi) is 7.63. The molecule has 1 aliphatic heterocycles. The molecule has 0 bridgehead atoms. The summed E-state index contributed by atoms with van der Waals surface area (Å²) < 4.78 is 37.3. The number of hydrogen-bond donors (Lipinski definition) is 1. The maximum Gasteiger partial charge on any atom is 0.339 e. The molecule has 35 heavy (non-hydrogen) atoms. The zero-order valence-corrected chi connectivity index (χ0v) is 22.0. The van der Waals surface area contributed by atoms with Crippen molar-refractivity contribution < 1.29 is 22.1 Å². The first-order valence-electron chi connectivity index (χ1n) is 10.6. The fourth-order valence-corrected chi connectivity index (χ4v) is 5.25. The van der Waals surface area contributed by atoms with Crippen LogP contribution in [0.3, 0.4) is 0 Å². The summed E-state index contributed by atoms with van der Waals surface area (Å²) in [6.07, 6.45) is 1.68. The average molecular weight is 573 g/mol. The normalized spacial score (nSPS) is 15.9. The molecule has 0 spiro atoms. The molecule has 1 amide bonds. The Balaban J connectivity index is 1.58. The lowest BCUT2D eigenvalue weighted by atomic mass is 10.2. The monoisotopic (exact) mass is 572 g/mol. The van der Waals surface area contributed by atoms with E-state index in [0.29, 0.717) is 27.9 Å². The van der Waals surface area contributed by atoms with Gasteiger partial charge in [0.15, 0.2) is 16.7 Å². The van der Waals surface area contributed by atoms with Crippen molar-refractivity contribution >= 4 is 60.6 Å². The van der Waals surface area contributed by atoms with Crippen LogP contribution in [0.1, 0.15) is 18.1 Å². The van der Waals surface area contributed by atoms with Gasteiger partial charge in [0.25, 0.3) is 5.91 Å². The van der Waals surface area contributed by atoms with Crippen LogP contribution in [0.15, 0.2) is 86.0 Å². The molecule has 7 nitrogen and oxygen atoms in total. The third-order valence-corrected chi connectivity index (χ3v) is 7.63. The molecule has 1 fully saturated rings. The summed E-state index contributed by atoms with van der Waals surface area (Å²) in [5.74, 6) is 0.0402. The number of aliphatic imine (C=N–C) groups is 1. The van der Waals surface area contributed by atoms with Crippen LogP contribution in [0, 0.1) is 6.92 Å². The Labute approximate surface area is 216 Å². The standard InChI is InChI=1S/C25H21BrN2O5S2/c1-3-32-22-14-17(10-13-21(22)33-35(30,31)18-11-8-16(2)9-12-18)15-23-24(29)28-25(34-23)27-20-7-5-4-6-19(20)26/h4-15H,3H2,1-2H3,(H,27,28,29)/b23-15+. The van der Waals surface area contributed by atoms with Gasteiger partial charge in [-0.15, -0.1) is 0 Å². The molecule has 1 heterocycles. The van der Waals surface area contributed by atoms with E-state index in [0.717, 1.165) is 10.0 Å². The van der Waals surface area contributed by atoms with Gasteiger partial charge in [0.1, 0.15) is 4.90 Å². The number of benzene rings is 3. The molecule has 0 aromatic heterocycles. The second-order valence-corrected chi connectivity index (χ2v) is 10.9. The number of aryl methyl sites for hydroxylation is 1. The predicted molar refractivity (Wildman–Crippen MR) is 142 cm³/mol. The third-order valence-electron chi connectivity index (χ3n) is 4.80. The average Bonchev–Trinajstić information content (AvgIpc) is 3.16. The lowest BCUT2D eigenvalue weighted by Gasteiger charge is -2.13. The van der Waals surface area contributed by atoms with Crippen LogP contribution in [0.4, 0.5) is 5.69 Å². The number of hydrogen-bond acceptors (Lipinski definition) is 7.